The van der Waals surface area contributed by atoms with Crippen molar-refractivity contribution in [2.45, 2.75) is 13.8 Å². The van der Waals surface area contributed by atoms with Crippen LogP contribution in [-0.4, -0.2) is 30.4 Å². The average molecular weight is 325 g/mol. The number of primary amides is 1. The summed E-state index contributed by atoms with van der Waals surface area (Å²) in [4.78, 5) is 45.2. The van der Waals surface area contributed by atoms with Crippen molar-refractivity contribution >= 4 is 40.1 Å². The topological polar surface area (TPSA) is 139 Å². The smallest absolute Gasteiger partial charge is 0.341 e. The highest BCUT2D eigenvalue weighted by atomic mass is 32.1. The van der Waals surface area contributed by atoms with Crippen molar-refractivity contribution in [2.75, 3.05) is 11.9 Å². The van der Waals surface area contributed by atoms with Crippen LogP contribution in [0.4, 0.5) is 5.00 Å². The third kappa shape index (κ3) is 4.16. The highest BCUT2D eigenvalue weighted by Gasteiger charge is 2.25. The van der Waals surface area contributed by atoms with Gasteiger partial charge in [-0.3, -0.25) is 9.59 Å². The largest absolute Gasteiger partial charge is 0.545 e. The molecular weight excluding hydrogens is 312 g/mol. The molecule has 0 aromatic carbocycles. The van der Waals surface area contributed by atoms with E-state index >= 15 is 0 Å². The number of carbonyl (C=O) groups is 4. The van der Waals surface area contributed by atoms with E-state index in [4.69, 9.17) is 10.5 Å². The number of rotatable bonds is 6. The van der Waals surface area contributed by atoms with Gasteiger partial charge >= 0.3 is 5.97 Å². The van der Waals surface area contributed by atoms with Gasteiger partial charge in [-0.15, -0.1) is 11.3 Å². The number of amides is 2. The molecule has 0 unspecified atom stereocenters. The lowest BCUT2D eigenvalue weighted by atomic mass is 10.1. The lowest BCUT2D eigenvalue weighted by molar-refractivity contribution is -0.297. The molecule has 0 aliphatic rings. The van der Waals surface area contributed by atoms with Crippen molar-refractivity contribution < 1.29 is 29.0 Å². The van der Waals surface area contributed by atoms with Crippen molar-refractivity contribution in [2.24, 2.45) is 5.73 Å². The molecule has 0 bridgehead atoms. The maximum Gasteiger partial charge on any atom is 0.341 e. The number of carbonyl (C=O) groups excluding carboxylic acids is 4. The fraction of sp³-hybridized carbons (Fsp3) is 0.231. The third-order valence-electron chi connectivity index (χ3n) is 2.46. The first-order valence-electron chi connectivity index (χ1n) is 6.08. The second-order valence-electron chi connectivity index (χ2n) is 3.99. The number of carboxylic acid groups (broad SMARTS) is 1. The summed E-state index contributed by atoms with van der Waals surface area (Å²) in [5.41, 5.74) is 5.50. The molecule has 0 atom stereocenters. The Kier molecular flexibility index (Phi) is 5.81. The van der Waals surface area contributed by atoms with Gasteiger partial charge in [0.15, 0.2) is 0 Å². The van der Waals surface area contributed by atoms with Crippen LogP contribution in [0.25, 0.3) is 0 Å². The Balaban J connectivity index is 3.19. The summed E-state index contributed by atoms with van der Waals surface area (Å²) >= 11 is 0.807. The summed E-state index contributed by atoms with van der Waals surface area (Å²) in [5, 5.41) is 12.6. The van der Waals surface area contributed by atoms with Crippen molar-refractivity contribution in [3.63, 3.8) is 0 Å². The zero-order valence-corrected chi connectivity index (χ0v) is 12.6. The van der Waals surface area contributed by atoms with Crippen molar-refractivity contribution in [3.05, 3.63) is 28.2 Å². The van der Waals surface area contributed by atoms with Gasteiger partial charge in [-0.25, -0.2) is 4.79 Å². The lowest BCUT2D eigenvalue weighted by Crippen LogP contribution is -2.20. The van der Waals surface area contributed by atoms with Gasteiger partial charge in [0.2, 0.25) is 5.91 Å². The van der Waals surface area contributed by atoms with Crippen LogP contribution in [0, 0.1) is 6.92 Å². The Morgan fingerprint density at radius 2 is 1.95 bits per heavy atom. The van der Waals surface area contributed by atoms with Crippen LogP contribution >= 0.6 is 11.3 Å². The standard InChI is InChI=1S/C13H14N2O6S/c1-3-21-13(20)9-6(2)10(11(14)19)22-12(9)15-7(16)4-5-8(17)18/h4-5H,3H2,1-2H3,(H2,14,19)(H,15,16)(H,17,18)/p-1/b5-4+. The maximum absolute atomic E-state index is 11.9. The summed E-state index contributed by atoms with van der Waals surface area (Å²) in [6.07, 6.45) is 1.26. The van der Waals surface area contributed by atoms with Gasteiger partial charge in [-0.2, -0.15) is 0 Å². The maximum atomic E-state index is 11.9. The Hall–Kier alpha value is -2.68. The monoisotopic (exact) mass is 325 g/mol. The number of thiophene rings is 1. The van der Waals surface area contributed by atoms with Crippen LogP contribution in [0.5, 0.6) is 0 Å². The summed E-state index contributed by atoms with van der Waals surface area (Å²) in [6.45, 7) is 3.21. The highest BCUT2D eigenvalue weighted by Crippen LogP contribution is 2.33. The predicted molar refractivity (Wildman–Crippen MR) is 76.3 cm³/mol. The van der Waals surface area contributed by atoms with Crippen LogP contribution in [0.15, 0.2) is 12.2 Å². The minimum atomic E-state index is -1.54. The van der Waals surface area contributed by atoms with Crippen molar-refractivity contribution in [1.82, 2.24) is 0 Å². The number of nitrogens with two attached hydrogens (primary N) is 1. The Morgan fingerprint density at radius 3 is 2.45 bits per heavy atom. The molecular formula is C13H13N2O6S-. The molecule has 0 saturated heterocycles. The van der Waals surface area contributed by atoms with Gasteiger partial charge in [0.1, 0.15) is 5.00 Å². The lowest BCUT2D eigenvalue weighted by Gasteiger charge is -2.05. The molecule has 1 aromatic heterocycles. The number of aliphatic carboxylic acids is 1. The number of nitrogens with one attached hydrogen (secondary N) is 1. The normalized spacial score (nSPS) is 10.5. The number of hydrogen-bond donors (Lipinski definition) is 2. The molecule has 9 heteroatoms. The van der Waals surface area contributed by atoms with Gasteiger partial charge in [0.25, 0.3) is 5.91 Å². The minimum absolute atomic E-state index is 0.0100. The van der Waals surface area contributed by atoms with Crippen LogP contribution in [0.2, 0.25) is 0 Å². The van der Waals surface area contributed by atoms with Gasteiger partial charge in [0.05, 0.1) is 23.0 Å². The molecule has 1 heterocycles. The first-order valence-corrected chi connectivity index (χ1v) is 6.89. The van der Waals surface area contributed by atoms with Gasteiger partial charge in [-0.1, -0.05) is 0 Å². The first kappa shape index (κ1) is 17.4. The first-order chi connectivity index (χ1) is 10.3. The Bertz CT molecular complexity index is 662. The molecule has 0 fully saturated rings. The molecule has 0 aliphatic heterocycles. The molecule has 1 aromatic rings. The average Bonchev–Trinajstić information content (AvgIpc) is 2.73. The van der Waals surface area contributed by atoms with Crippen molar-refractivity contribution in [1.29, 1.82) is 0 Å². The second kappa shape index (κ2) is 7.36. The highest BCUT2D eigenvalue weighted by molar-refractivity contribution is 7.18. The van der Waals surface area contributed by atoms with E-state index in [1.807, 2.05) is 0 Å². The zero-order valence-electron chi connectivity index (χ0n) is 11.8. The van der Waals surface area contributed by atoms with E-state index in [9.17, 15) is 24.3 Å². The summed E-state index contributed by atoms with van der Waals surface area (Å²) < 4.78 is 4.86. The van der Waals surface area contributed by atoms with Crippen LogP contribution in [0.1, 0.15) is 32.5 Å². The molecule has 22 heavy (non-hydrogen) atoms. The number of hydrogen-bond acceptors (Lipinski definition) is 7. The fourth-order valence-corrected chi connectivity index (χ4v) is 2.63. The molecule has 3 N–H and O–H groups in total. The molecule has 118 valence electrons. The van der Waals surface area contributed by atoms with Gasteiger partial charge in [0, 0.05) is 6.08 Å². The predicted octanol–water partition coefficient (Wildman–Crippen LogP) is -0.423. The number of anilines is 1. The van der Waals surface area contributed by atoms with Crippen LogP contribution in [0.3, 0.4) is 0 Å². The van der Waals surface area contributed by atoms with E-state index in [-0.39, 0.29) is 27.6 Å². The molecule has 2 amide bonds. The molecule has 0 radical (unpaired) electrons. The summed E-state index contributed by atoms with van der Waals surface area (Å²) in [6, 6.07) is 0. The van der Waals surface area contributed by atoms with Crippen LogP contribution < -0.4 is 16.2 Å². The molecule has 1 rings (SSSR count). The quantitative estimate of drug-likeness (QED) is 0.538. The van der Waals surface area contributed by atoms with Gasteiger partial charge in [-0.05, 0) is 25.5 Å². The summed E-state index contributed by atoms with van der Waals surface area (Å²) in [7, 11) is 0. The van der Waals surface area contributed by atoms with Gasteiger partial charge < -0.3 is 25.7 Å². The Morgan fingerprint density at radius 1 is 1.32 bits per heavy atom. The molecule has 0 aliphatic carbocycles. The van der Waals surface area contributed by atoms with E-state index in [1.165, 1.54) is 6.92 Å². The third-order valence-corrected chi connectivity index (χ3v) is 3.68. The number of esters is 1. The zero-order chi connectivity index (χ0) is 16.9. The molecule has 0 saturated carbocycles. The van der Waals surface area contributed by atoms with E-state index in [2.05, 4.69) is 5.32 Å². The minimum Gasteiger partial charge on any atom is -0.545 e. The van der Waals surface area contributed by atoms with E-state index in [0.29, 0.717) is 6.08 Å². The summed E-state index contributed by atoms with van der Waals surface area (Å²) in [5.74, 6) is -3.81. The SMILES string of the molecule is CCOC(=O)c1c(NC(=O)/C=C/C(=O)[O-])sc(C(N)=O)c1C. The van der Waals surface area contributed by atoms with E-state index in [1.54, 1.807) is 6.92 Å². The number of ether oxygens (including phenoxy) is 1. The Labute approximate surface area is 129 Å². The molecule has 8 nitrogen and oxygen atoms in total. The second-order valence-corrected chi connectivity index (χ2v) is 5.01. The number of carboxylic acids is 1. The van der Waals surface area contributed by atoms with E-state index in [0.717, 1.165) is 17.4 Å². The van der Waals surface area contributed by atoms with E-state index < -0.39 is 23.8 Å². The van der Waals surface area contributed by atoms with Crippen LogP contribution in [-0.2, 0) is 14.3 Å². The fourth-order valence-electron chi connectivity index (χ4n) is 1.58. The van der Waals surface area contributed by atoms with Crippen molar-refractivity contribution in [3.8, 4) is 0 Å². The molecule has 0 spiro atoms.